The van der Waals surface area contributed by atoms with Crippen molar-refractivity contribution in [1.82, 2.24) is 23.3 Å². The van der Waals surface area contributed by atoms with E-state index in [9.17, 15) is 16.8 Å². The van der Waals surface area contributed by atoms with Crippen LogP contribution in [0.5, 0.6) is 17.2 Å². The highest BCUT2D eigenvalue weighted by Crippen LogP contribution is 2.40. The Bertz CT molecular complexity index is 2700. The molecule has 0 aliphatic rings. The van der Waals surface area contributed by atoms with Crippen LogP contribution in [0.3, 0.4) is 0 Å². The number of aromatic nitrogens is 4. The van der Waals surface area contributed by atoms with Crippen molar-refractivity contribution in [3.05, 3.63) is 150 Å². The summed E-state index contributed by atoms with van der Waals surface area (Å²) in [7, 11) is -3.91. The Hall–Kier alpha value is -5.96. The number of rotatable bonds is 14. The summed E-state index contributed by atoms with van der Waals surface area (Å²) < 4.78 is 79.7. The Morgan fingerprint density at radius 2 is 1.27 bits per heavy atom. The molecule has 0 unspecified atom stereocenters. The second kappa shape index (κ2) is 15.6. The van der Waals surface area contributed by atoms with Crippen LogP contribution in [0.15, 0.2) is 131 Å². The van der Waals surface area contributed by atoms with Crippen LogP contribution in [0.4, 0.5) is 0 Å². The molecule has 0 saturated heterocycles. The first-order valence-corrected chi connectivity index (χ1v) is 20.6. The number of sulfonamides is 1. The van der Waals surface area contributed by atoms with Crippen molar-refractivity contribution in [3.63, 3.8) is 0 Å². The summed E-state index contributed by atoms with van der Waals surface area (Å²) in [6.07, 6.45) is 1.66. The largest absolute Gasteiger partial charge is 0.493 e. The van der Waals surface area contributed by atoms with E-state index < -0.39 is 20.0 Å². The van der Waals surface area contributed by atoms with E-state index in [0.29, 0.717) is 39.4 Å². The van der Waals surface area contributed by atoms with Crippen molar-refractivity contribution in [3.8, 4) is 28.4 Å². The van der Waals surface area contributed by atoms with Crippen molar-refractivity contribution < 1.29 is 31.0 Å². The lowest BCUT2D eigenvalue weighted by Gasteiger charge is -2.23. The number of para-hydroxylation sites is 1. The number of ether oxygens (including phenoxy) is 3. The quantitative estimate of drug-likeness (QED) is 0.112. The monoisotopic (exact) mass is 791 g/mol. The summed E-state index contributed by atoms with van der Waals surface area (Å²) in [4.78, 5) is 0.130. The van der Waals surface area contributed by atoms with Crippen LogP contribution in [0, 0.1) is 13.8 Å². The molecule has 0 fully saturated rings. The van der Waals surface area contributed by atoms with Crippen LogP contribution in [0.1, 0.15) is 28.1 Å². The number of benzene rings is 5. The molecule has 7 rings (SSSR count). The van der Waals surface area contributed by atoms with Crippen LogP contribution in [0.2, 0.25) is 0 Å². The first-order valence-electron chi connectivity index (χ1n) is 17.7. The molecule has 7 aromatic rings. The molecule has 0 aliphatic carbocycles. The summed E-state index contributed by atoms with van der Waals surface area (Å²) in [6.45, 7) is 3.48. The zero-order valence-electron chi connectivity index (χ0n) is 31.6. The Morgan fingerprint density at radius 1 is 0.679 bits per heavy atom. The summed E-state index contributed by atoms with van der Waals surface area (Å²) in [5.74, 6) is 1.40. The maximum atomic E-state index is 14.8. The molecule has 0 radical (unpaired) electrons. The fraction of sp³-hybridized carbons (Fsp3) is 0.190. The SMILES string of the molecule is COc1cc(Cn2cc(CN(Cc3c(-c4ccccc4)c4ccccc4n3S(=O)(=O)c3ccc(C)cc3)S(=O)(=O)c3ccc(C)cc3)nn2)cc(OC)c1OC. The van der Waals surface area contributed by atoms with Gasteiger partial charge in [-0.15, -0.1) is 5.10 Å². The van der Waals surface area contributed by atoms with Gasteiger partial charge in [0.1, 0.15) is 0 Å². The van der Waals surface area contributed by atoms with Crippen molar-refractivity contribution in [2.75, 3.05) is 21.3 Å². The van der Waals surface area contributed by atoms with Gasteiger partial charge >= 0.3 is 0 Å². The third kappa shape index (κ3) is 7.38. The van der Waals surface area contributed by atoms with E-state index >= 15 is 0 Å². The number of hydrogen-bond donors (Lipinski definition) is 0. The van der Waals surface area contributed by atoms with Crippen molar-refractivity contribution in [1.29, 1.82) is 0 Å². The minimum absolute atomic E-state index is 0.0539. The summed E-state index contributed by atoms with van der Waals surface area (Å²) >= 11 is 0. The van der Waals surface area contributed by atoms with Gasteiger partial charge in [-0.2, -0.15) is 4.31 Å². The van der Waals surface area contributed by atoms with E-state index in [1.807, 2.05) is 56.3 Å². The molecule has 0 saturated carbocycles. The van der Waals surface area contributed by atoms with E-state index in [1.54, 1.807) is 83.7 Å². The van der Waals surface area contributed by atoms with Gasteiger partial charge in [0.2, 0.25) is 15.8 Å². The summed E-state index contributed by atoms with van der Waals surface area (Å²) in [6, 6.07) is 33.4. The average Bonchev–Trinajstić information content (AvgIpc) is 3.79. The molecule has 14 heteroatoms. The van der Waals surface area contributed by atoms with Crippen LogP contribution >= 0.6 is 0 Å². The van der Waals surface area contributed by atoms with E-state index in [0.717, 1.165) is 22.3 Å². The molecule has 288 valence electrons. The number of methoxy groups -OCH3 is 3. The maximum absolute atomic E-state index is 14.8. The maximum Gasteiger partial charge on any atom is 0.268 e. The predicted molar refractivity (Wildman–Crippen MR) is 214 cm³/mol. The van der Waals surface area contributed by atoms with Crippen LogP contribution < -0.4 is 14.2 Å². The van der Waals surface area contributed by atoms with E-state index in [1.165, 1.54) is 29.6 Å². The van der Waals surface area contributed by atoms with Crippen molar-refractivity contribution in [2.24, 2.45) is 0 Å². The number of aryl methyl sites for hydroxylation is 2. The number of nitrogens with zero attached hydrogens (tertiary/aromatic N) is 5. The normalized spacial score (nSPS) is 12.0. The molecule has 0 N–H and O–H groups in total. The first kappa shape index (κ1) is 38.3. The standard InChI is InChI=1S/C42H41N5O7S2/c1-29-15-19-34(20-16-29)55(48,49)46(27-33-26-45(44-43-33)25-31-23-39(52-3)42(54-5)40(24-31)53-4)28-38-41(32-11-7-6-8-12-32)36-13-9-10-14-37(36)47(38)56(50,51)35-21-17-30(2)18-22-35/h6-24,26H,25,27-28H2,1-5H3. The molecule has 0 bridgehead atoms. The van der Waals surface area contributed by atoms with E-state index in [4.69, 9.17) is 14.2 Å². The highest BCUT2D eigenvalue weighted by Gasteiger charge is 2.33. The van der Waals surface area contributed by atoms with Gasteiger partial charge in [-0.25, -0.2) is 25.5 Å². The lowest BCUT2D eigenvalue weighted by atomic mass is 10.0. The van der Waals surface area contributed by atoms with Gasteiger partial charge in [0.05, 0.1) is 73.9 Å². The molecular weight excluding hydrogens is 751 g/mol. The van der Waals surface area contributed by atoms with Crippen molar-refractivity contribution in [2.45, 2.75) is 43.3 Å². The molecule has 56 heavy (non-hydrogen) atoms. The molecule has 5 aromatic carbocycles. The van der Waals surface area contributed by atoms with Crippen LogP contribution in [0.25, 0.3) is 22.0 Å². The lowest BCUT2D eigenvalue weighted by molar-refractivity contribution is 0.323. The second-order valence-corrected chi connectivity index (χ2v) is 17.0. The fourth-order valence-corrected chi connectivity index (χ4v) is 9.68. The first-order chi connectivity index (χ1) is 26.9. The molecule has 2 heterocycles. The third-order valence-electron chi connectivity index (χ3n) is 9.53. The minimum Gasteiger partial charge on any atom is -0.493 e. The number of fused-ring (bicyclic) bond motifs is 1. The van der Waals surface area contributed by atoms with E-state index in [-0.39, 0.29) is 35.1 Å². The highest BCUT2D eigenvalue weighted by molar-refractivity contribution is 7.90. The van der Waals surface area contributed by atoms with E-state index in [2.05, 4.69) is 10.3 Å². The molecule has 2 aromatic heterocycles. The second-order valence-electron chi connectivity index (χ2n) is 13.3. The Balaban J connectivity index is 1.37. The van der Waals surface area contributed by atoms with Gasteiger partial charge < -0.3 is 14.2 Å². The average molecular weight is 792 g/mol. The molecule has 12 nitrogen and oxygen atoms in total. The minimum atomic E-state index is -4.26. The van der Waals surface area contributed by atoms with Gasteiger partial charge in [-0.1, -0.05) is 89.1 Å². The Labute approximate surface area is 326 Å². The van der Waals surface area contributed by atoms with Crippen LogP contribution in [-0.2, 0) is 39.7 Å². The van der Waals surface area contributed by atoms with Gasteiger partial charge in [-0.3, -0.25) is 0 Å². The lowest BCUT2D eigenvalue weighted by Crippen LogP contribution is -2.32. The molecule has 0 amide bonds. The van der Waals surface area contributed by atoms with Crippen molar-refractivity contribution >= 4 is 30.9 Å². The fourth-order valence-electron chi connectivity index (χ4n) is 6.76. The third-order valence-corrected chi connectivity index (χ3v) is 13.1. The van der Waals surface area contributed by atoms with Gasteiger partial charge in [-0.05, 0) is 67.4 Å². The van der Waals surface area contributed by atoms with Gasteiger partial charge in [0, 0.05) is 10.9 Å². The topological polar surface area (TPSA) is 135 Å². The molecular formula is C42H41N5O7S2. The number of hydrogen-bond acceptors (Lipinski definition) is 9. The predicted octanol–water partition coefficient (Wildman–Crippen LogP) is 7.22. The zero-order chi connectivity index (χ0) is 39.6. The Kier molecular flexibility index (Phi) is 10.7. The summed E-state index contributed by atoms with van der Waals surface area (Å²) in [5.41, 5.74) is 4.95. The van der Waals surface area contributed by atoms with Crippen LogP contribution in [-0.4, -0.2) is 61.4 Å². The molecule has 0 spiro atoms. The molecule has 0 aliphatic heterocycles. The highest BCUT2D eigenvalue weighted by atomic mass is 32.2. The molecule has 0 atom stereocenters. The zero-order valence-corrected chi connectivity index (χ0v) is 33.2. The summed E-state index contributed by atoms with van der Waals surface area (Å²) in [5, 5.41) is 9.37. The Morgan fingerprint density at radius 3 is 1.88 bits per heavy atom. The van der Waals surface area contributed by atoms with Gasteiger partial charge in [0.25, 0.3) is 10.0 Å². The smallest absolute Gasteiger partial charge is 0.268 e. The van der Waals surface area contributed by atoms with Gasteiger partial charge in [0.15, 0.2) is 11.5 Å².